The Bertz CT molecular complexity index is 2080. The lowest BCUT2D eigenvalue weighted by Gasteiger charge is -2.03. The molecule has 6 rings (SSSR count). The van der Waals surface area contributed by atoms with E-state index in [0.29, 0.717) is 26.1 Å². The number of alkyl halides is 6. The molecule has 0 fully saturated rings. The molecule has 2 N–H and O–H groups in total. The van der Waals surface area contributed by atoms with Crippen LogP contribution in [0.4, 0.5) is 45.4 Å². The number of benzene rings is 2. The zero-order chi connectivity index (χ0) is 35.5. The Balaban J connectivity index is 0.000000191. The van der Waals surface area contributed by atoms with Gasteiger partial charge in [0.2, 0.25) is 0 Å². The zero-order valence-electron chi connectivity index (χ0n) is 25.1. The van der Waals surface area contributed by atoms with Gasteiger partial charge in [-0.2, -0.15) is 36.5 Å². The minimum Gasteiger partial charge on any atom is -0.357 e. The lowest BCUT2D eigenvalue weighted by atomic mass is 10.2. The summed E-state index contributed by atoms with van der Waals surface area (Å²) in [7, 11) is 2.82. The molecule has 0 bridgehead atoms. The van der Waals surface area contributed by atoms with Crippen LogP contribution in [0.3, 0.4) is 0 Å². The Hall–Kier alpha value is -5.17. The predicted molar refractivity (Wildman–Crippen MR) is 167 cm³/mol. The summed E-state index contributed by atoms with van der Waals surface area (Å²) in [5, 5.41) is 12.9. The predicted octanol–water partition coefficient (Wildman–Crippen LogP) is 8.27. The van der Waals surface area contributed by atoms with E-state index in [1.165, 1.54) is 62.1 Å². The monoisotopic (exact) mass is 726 g/mol. The van der Waals surface area contributed by atoms with Crippen molar-refractivity contribution in [1.29, 1.82) is 0 Å². The molecular formula is C30H22F8N8OS2. The van der Waals surface area contributed by atoms with Crippen molar-refractivity contribution >= 4 is 38.8 Å². The Labute approximate surface area is 279 Å². The van der Waals surface area contributed by atoms with Crippen LogP contribution in [0.5, 0.6) is 0 Å². The molecule has 0 atom stereocenters. The SMILES string of the molecule is Cn1nc(C(F)(F)F)cc1-c1cnc(NC(=O)c2ccccc2F)s1.Cn1nc(C(F)(F)F)cc1-c1cnc(NCc2ccccc2F)s1. The van der Waals surface area contributed by atoms with Gasteiger partial charge in [0.1, 0.15) is 11.6 Å². The minimum absolute atomic E-state index is 0.137. The number of thiazole rings is 2. The standard InChI is InChI=1S/C15H10F4N4OS.C15H12F4N4S/c1-23-10(6-12(22-23)15(17,18)19)11-7-20-14(25-11)21-13(24)8-4-2-3-5-9(8)16;1-23-11(6-13(22-23)15(17,18)19)12-8-21-14(24-12)20-7-9-4-2-3-5-10(9)16/h2-7H,1H3,(H,20,21,24);2-6,8H,7H2,1H3,(H,20,21). The van der Waals surface area contributed by atoms with Crippen LogP contribution in [-0.4, -0.2) is 35.4 Å². The number of halogens is 8. The molecule has 0 radical (unpaired) electrons. The van der Waals surface area contributed by atoms with Crippen molar-refractivity contribution in [2.45, 2.75) is 18.9 Å². The molecule has 0 unspecified atom stereocenters. The first-order valence-corrected chi connectivity index (χ1v) is 15.4. The van der Waals surface area contributed by atoms with Crippen LogP contribution in [0, 0.1) is 11.6 Å². The minimum atomic E-state index is -4.55. The fraction of sp³-hybridized carbons (Fsp3) is 0.167. The summed E-state index contributed by atoms with van der Waals surface area (Å²) >= 11 is 2.14. The Kier molecular flexibility index (Phi) is 10.1. The van der Waals surface area contributed by atoms with Crippen LogP contribution >= 0.6 is 22.7 Å². The Morgan fingerprint density at radius 3 is 1.73 bits per heavy atom. The highest BCUT2D eigenvalue weighted by molar-refractivity contribution is 7.19. The number of carbonyl (C=O) groups excluding carboxylic acids is 1. The van der Waals surface area contributed by atoms with Crippen molar-refractivity contribution in [3.63, 3.8) is 0 Å². The van der Waals surface area contributed by atoms with E-state index in [9.17, 15) is 39.9 Å². The van der Waals surface area contributed by atoms with E-state index in [0.717, 1.165) is 38.9 Å². The number of aromatic nitrogens is 6. The molecule has 0 aliphatic carbocycles. The third-order valence-corrected chi connectivity index (χ3v) is 8.50. The first kappa shape index (κ1) is 35.1. The van der Waals surface area contributed by atoms with Crippen molar-refractivity contribution < 1.29 is 39.9 Å². The summed E-state index contributed by atoms with van der Waals surface area (Å²) in [6.45, 7) is 0.235. The third-order valence-electron chi connectivity index (χ3n) is 6.58. The van der Waals surface area contributed by atoms with Gasteiger partial charge in [-0.25, -0.2) is 18.7 Å². The summed E-state index contributed by atoms with van der Waals surface area (Å²) in [4.78, 5) is 21.0. The van der Waals surface area contributed by atoms with Gasteiger partial charge in [0.25, 0.3) is 5.91 Å². The number of rotatable bonds is 7. The second kappa shape index (κ2) is 14.1. The fourth-order valence-corrected chi connectivity index (χ4v) is 5.94. The first-order valence-electron chi connectivity index (χ1n) is 13.8. The van der Waals surface area contributed by atoms with Gasteiger partial charge in [0, 0.05) is 38.6 Å². The maximum absolute atomic E-state index is 13.6. The average Bonchev–Trinajstić information content (AvgIpc) is 3.83. The van der Waals surface area contributed by atoms with E-state index >= 15 is 0 Å². The number of amides is 1. The summed E-state index contributed by atoms with van der Waals surface area (Å²) in [5.41, 5.74) is -1.12. The van der Waals surface area contributed by atoms with E-state index in [-0.39, 0.29) is 28.8 Å². The van der Waals surface area contributed by atoms with Crippen molar-refractivity contribution in [1.82, 2.24) is 29.5 Å². The van der Waals surface area contributed by atoms with Crippen molar-refractivity contribution in [3.05, 3.63) is 107 Å². The summed E-state index contributed by atoms with van der Waals surface area (Å²) in [5.74, 6) is -1.71. The highest BCUT2D eigenvalue weighted by Gasteiger charge is 2.36. The molecule has 4 heterocycles. The van der Waals surface area contributed by atoms with Gasteiger partial charge < -0.3 is 5.32 Å². The number of anilines is 2. The number of nitrogens with zero attached hydrogens (tertiary/aromatic N) is 6. The quantitative estimate of drug-likeness (QED) is 0.161. The van der Waals surface area contributed by atoms with Crippen molar-refractivity contribution in [3.8, 4) is 21.1 Å². The second-order valence-corrected chi connectivity index (χ2v) is 12.1. The molecule has 49 heavy (non-hydrogen) atoms. The van der Waals surface area contributed by atoms with Gasteiger partial charge in [-0.05, 0) is 30.3 Å². The topological polar surface area (TPSA) is 103 Å². The molecule has 6 aromatic rings. The van der Waals surface area contributed by atoms with Gasteiger partial charge in [0.15, 0.2) is 21.7 Å². The molecule has 4 aromatic heterocycles. The normalized spacial score (nSPS) is 11.6. The molecule has 256 valence electrons. The average molecular weight is 727 g/mol. The molecular weight excluding hydrogens is 705 g/mol. The highest BCUT2D eigenvalue weighted by Crippen LogP contribution is 2.36. The van der Waals surface area contributed by atoms with Crippen LogP contribution in [0.1, 0.15) is 27.3 Å². The Morgan fingerprint density at radius 1 is 0.735 bits per heavy atom. The lowest BCUT2D eigenvalue weighted by Crippen LogP contribution is -2.13. The van der Waals surface area contributed by atoms with Gasteiger partial charge in [-0.15, -0.1) is 0 Å². The number of aryl methyl sites for hydroxylation is 2. The van der Waals surface area contributed by atoms with E-state index < -0.39 is 35.5 Å². The molecule has 1 amide bonds. The molecule has 0 aliphatic heterocycles. The van der Waals surface area contributed by atoms with E-state index in [1.54, 1.807) is 18.2 Å². The van der Waals surface area contributed by atoms with Crippen molar-refractivity contribution in [2.75, 3.05) is 10.6 Å². The van der Waals surface area contributed by atoms with E-state index in [1.807, 2.05) is 0 Å². The van der Waals surface area contributed by atoms with Gasteiger partial charge in [-0.1, -0.05) is 53.0 Å². The first-order chi connectivity index (χ1) is 23.1. The molecule has 0 aliphatic rings. The van der Waals surface area contributed by atoms with Gasteiger partial charge in [-0.3, -0.25) is 19.5 Å². The smallest absolute Gasteiger partial charge is 0.357 e. The van der Waals surface area contributed by atoms with Crippen LogP contribution in [0.2, 0.25) is 0 Å². The number of hydrogen-bond acceptors (Lipinski definition) is 8. The van der Waals surface area contributed by atoms with Crippen LogP contribution in [0.25, 0.3) is 21.1 Å². The van der Waals surface area contributed by atoms with Gasteiger partial charge in [0.05, 0.1) is 26.7 Å². The maximum Gasteiger partial charge on any atom is 0.435 e. The molecule has 0 saturated carbocycles. The third kappa shape index (κ3) is 8.47. The van der Waals surface area contributed by atoms with Crippen molar-refractivity contribution in [2.24, 2.45) is 14.1 Å². The number of hydrogen-bond donors (Lipinski definition) is 2. The number of carbonyl (C=O) groups is 1. The molecule has 9 nitrogen and oxygen atoms in total. The van der Waals surface area contributed by atoms with Gasteiger partial charge >= 0.3 is 12.4 Å². The Morgan fingerprint density at radius 2 is 1.22 bits per heavy atom. The maximum atomic E-state index is 13.6. The largest absolute Gasteiger partial charge is 0.435 e. The summed E-state index contributed by atoms with van der Waals surface area (Å²) in [6, 6.07) is 13.6. The van der Waals surface area contributed by atoms with E-state index in [2.05, 4.69) is 30.8 Å². The molecule has 0 spiro atoms. The molecule has 19 heteroatoms. The van der Waals surface area contributed by atoms with Crippen LogP contribution in [0.15, 0.2) is 73.1 Å². The molecule has 0 saturated heterocycles. The molecule has 2 aromatic carbocycles. The summed E-state index contributed by atoms with van der Waals surface area (Å²) < 4.78 is 106. The van der Waals surface area contributed by atoms with Crippen LogP contribution in [-0.2, 0) is 33.0 Å². The fourth-order valence-electron chi connectivity index (χ4n) is 4.22. The lowest BCUT2D eigenvalue weighted by molar-refractivity contribution is -0.142. The highest BCUT2D eigenvalue weighted by atomic mass is 32.1. The zero-order valence-corrected chi connectivity index (χ0v) is 26.7. The number of nitrogens with one attached hydrogen (secondary N) is 2. The van der Waals surface area contributed by atoms with E-state index in [4.69, 9.17) is 0 Å². The van der Waals surface area contributed by atoms with Crippen LogP contribution < -0.4 is 10.6 Å². The summed E-state index contributed by atoms with van der Waals surface area (Å²) in [6.07, 6.45) is -6.26. The second-order valence-electron chi connectivity index (χ2n) is 10.0.